The lowest BCUT2D eigenvalue weighted by Crippen LogP contribution is -2.37. The van der Waals surface area contributed by atoms with Crippen LogP contribution < -0.4 is 10.6 Å². The molecular weight excluding hydrogens is 361 g/mol. The van der Waals surface area contributed by atoms with Crippen LogP contribution in [0.3, 0.4) is 0 Å². The Bertz CT molecular complexity index is 376. The van der Waals surface area contributed by atoms with Gasteiger partial charge in [-0.1, -0.05) is 29.8 Å². The molecule has 1 rings (SSSR count). The first-order valence-corrected chi connectivity index (χ1v) is 6.01. The molecule has 2 N–H and O–H groups in total. The molecule has 0 radical (unpaired) electrons. The van der Waals surface area contributed by atoms with Crippen LogP contribution in [0, 0.1) is 0 Å². The molecule has 0 aliphatic carbocycles. The van der Waals surface area contributed by atoms with E-state index >= 15 is 0 Å². The maximum Gasteiger partial charge on any atom is 0.191 e. The molecule has 3 nitrogen and oxygen atoms in total. The Morgan fingerprint density at radius 3 is 2.56 bits per heavy atom. The average molecular weight is 380 g/mol. The van der Waals surface area contributed by atoms with Gasteiger partial charge in [0.1, 0.15) is 0 Å². The van der Waals surface area contributed by atoms with Gasteiger partial charge in [0.2, 0.25) is 0 Å². The second kappa shape index (κ2) is 10.2. The molecule has 0 aromatic heterocycles. The van der Waals surface area contributed by atoms with Crippen molar-refractivity contribution in [2.45, 2.75) is 13.5 Å². The predicted octanol–water partition coefficient (Wildman–Crippen LogP) is 3.20. The Hall–Kier alpha value is -0.750. The van der Waals surface area contributed by atoms with Crippen LogP contribution in [-0.2, 0) is 6.54 Å². The lowest BCUT2D eigenvalue weighted by Gasteiger charge is -2.09. The van der Waals surface area contributed by atoms with Crippen molar-refractivity contribution in [2.24, 2.45) is 4.99 Å². The maximum atomic E-state index is 5.82. The zero-order valence-electron chi connectivity index (χ0n) is 10.4. The molecule has 0 fully saturated rings. The third-order valence-electron chi connectivity index (χ3n) is 2.09. The summed E-state index contributed by atoms with van der Waals surface area (Å²) >= 11 is 5.82. The van der Waals surface area contributed by atoms with Crippen LogP contribution in [0.2, 0.25) is 5.02 Å². The first-order valence-electron chi connectivity index (χ1n) is 5.63. The van der Waals surface area contributed by atoms with Gasteiger partial charge in [-0.3, -0.25) is 0 Å². The Kier molecular flexibility index (Phi) is 9.77. The second-order valence-corrected chi connectivity index (χ2v) is 3.93. The van der Waals surface area contributed by atoms with Gasteiger partial charge in [-0.25, -0.2) is 4.99 Å². The molecule has 0 amide bonds. The highest BCUT2D eigenvalue weighted by Gasteiger charge is 1.95. The molecule has 0 saturated carbocycles. The van der Waals surface area contributed by atoms with Gasteiger partial charge < -0.3 is 10.6 Å². The molecule has 18 heavy (non-hydrogen) atoms. The van der Waals surface area contributed by atoms with E-state index in [1.807, 2.05) is 31.2 Å². The summed E-state index contributed by atoms with van der Waals surface area (Å²) in [5.41, 5.74) is 1.13. The highest BCUT2D eigenvalue weighted by molar-refractivity contribution is 14.0. The molecule has 1 aromatic carbocycles. The average Bonchev–Trinajstić information content (AvgIpc) is 2.35. The normalized spacial score (nSPS) is 10.4. The smallest absolute Gasteiger partial charge is 0.191 e. The highest BCUT2D eigenvalue weighted by Crippen LogP contribution is 2.09. The van der Waals surface area contributed by atoms with Gasteiger partial charge in [-0.2, -0.15) is 0 Å². The van der Waals surface area contributed by atoms with Crippen molar-refractivity contribution in [1.82, 2.24) is 10.6 Å². The van der Waals surface area contributed by atoms with Crippen molar-refractivity contribution < 1.29 is 0 Å². The molecule has 0 atom stereocenters. The summed E-state index contributed by atoms with van der Waals surface area (Å²) in [5.74, 6) is 0.794. The molecule has 0 aliphatic heterocycles. The molecule has 0 heterocycles. The van der Waals surface area contributed by atoms with Crippen LogP contribution in [0.5, 0.6) is 0 Å². The number of benzene rings is 1. The van der Waals surface area contributed by atoms with Crippen LogP contribution >= 0.6 is 35.6 Å². The van der Waals surface area contributed by atoms with E-state index in [2.05, 4.69) is 22.2 Å². The van der Waals surface area contributed by atoms with E-state index in [0.717, 1.165) is 23.1 Å². The number of halogens is 2. The number of guanidine groups is 1. The summed E-state index contributed by atoms with van der Waals surface area (Å²) in [6.07, 6.45) is 1.80. The fourth-order valence-electron chi connectivity index (χ4n) is 1.27. The first kappa shape index (κ1) is 17.2. The third-order valence-corrected chi connectivity index (χ3v) is 2.34. The SMILES string of the molecule is C=CCNC(=NCc1ccc(Cl)cc1)NCC.I. The Labute approximate surface area is 131 Å². The van der Waals surface area contributed by atoms with E-state index in [9.17, 15) is 0 Å². The topological polar surface area (TPSA) is 36.4 Å². The maximum absolute atomic E-state index is 5.82. The van der Waals surface area contributed by atoms with Crippen LogP contribution in [0.25, 0.3) is 0 Å². The summed E-state index contributed by atoms with van der Waals surface area (Å²) < 4.78 is 0. The Balaban J connectivity index is 0.00000289. The molecule has 0 aliphatic rings. The largest absolute Gasteiger partial charge is 0.357 e. The lowest BCUT2D eigenvalue weighted by atomic mass is 10.2. The van der Waals surface area contributed by atoms with Gasteiger partial charge in [-0.15, -0.1) is 30.6 Å². The summed E-state index contributed by atoms with van der Waals surface area (Å²) in [4.78, 5) is 4.45. The minimum absolute atomic E-state index is 0. The van der Waals surface area contributed by atoms with Gasteiger partial charge in [0, 0.05) is 18.1 Å². The molecule has 0 saturated heterocycles. The Morgan fingerprint density at radius 1 is 1.33 bits per heavy atom. The van der Waals surface area contributed by atoms with Crippen molar-refractivity contribution in [3.63, 3.8) is 0 Å². The molecule has 0 spiro atoms. The minimum atomic E-state index is 0. The van der Waals surface area contributed by atoms with Crippen molar-refractivity contribution in [3.8, 4) is 0 Å². The van der Waals surface area contributed by atoms with Gasteiger partial charge in [0.25, 0.3) is 0 Å². The molecule has 0 bridgehead atoms. The Morgan fingerprint density at radius 2 is 2.00 bits per heavy atom. The number of nitrogens with one attached hydrogen (secondary N) is 2. The van der Waals surface area contributed by atoms with E-state index in [4.69, 9.17) is 11.6 Å². The van der Waals surface area contributed by atoms with E-state index in [-0.39, 0.29) is 24.0 Å². The summed E-state index contributed by atoms with van der Waals surface area (Å²) in [6.45, 7) is 7.86. The van der Waals surface area contributed by atoms with Crippen LogP contribution in [-0.4, -0.2) is 19.0 Å². The van der Waals surface area contributed by atoms with Crippen molar-refractivity contribution in [3.05, 3.63) is 47.5 Å². The van der Waals surface area contributed by atoms with Crippen molar-refractivity contribution in [1.29, 1.82) is 0 Å². The zero-order valence-corrected chi connectivity index (χ0v) is 13.5. The van der Waals surface area contributed by atoms with Crippen LogP contribution in [0.1, 0.15) is 12.5 Å². The second-order valence-electron chi connectivity index (χ2n) is 3.49. The molecule has 1 aromatic rings. The number of nitrogens with zero attached hydrogens (tertiary/aromatic N) is 1. The van der Waals surface area contributed by atoms with Gasteiger partial charge >= 0.3 is 0 Å². The van der Waals surface area contributed by atoms with Gasteiger partial charge in [0.05, 0.1) is 6.54 Å². The molecule has 100 valence electrons. The summed E-state index contributed by atoms with van der Waals surface area (Å²) in [6, 6.07) is 7.69. The monoisotopic (exact) mass is 379 g/mol. The highest BCUT2D eigenvalue weighted by atomic mass is 127. The van der Waals surface area contributed by atoms with Crippen LogP contribution in [0.15, 0.2) is 41.9 Å². The zero-order chi connectivity index (χ0) is 12.5. The quantitative estimate of drug-likeness (QED) is 0.357. The molecular formula is C13H19ClIN3. The van der Waals surface area contributed by atoms with E-state index < -0.39 is 0 Å². The number of rotatable bonds is 5. The number of hydrogen-bond acceptors (Lipinski definition) is 1. The van der Waals surface area contributed by atoms with Gasteiger partial charge in [0.15, 0.2) is 5.96 Å². The minimum Gasteiger partial charge on any atom is -0.357 e. The van der Waals surface area contributed by atoms with E-state index in [0.29, 0.717) is 13.1 Å². The fraction of sp³-hybridized carbons (Fsp3) is 0.308. The predicted molar refractivity (Wildman–Crippen MR) is 89.9 cm³/mol. The number of hydrogen-bond donors (Lipinski definition) is 2. The van der Waals surface area contributed by atoms with Crippen molar-refractivity contribution >= 4 is 41.5 Å². The van der Waals surface area contributed by atoms with Crippen LogP contribution in [0.4, 0.5) is 0 Å². The van der Waals surface area contributed by atoms with Crippen molar-refractivity contribution in [2.75, 3.05) is 13.1 Å². The third kappa shape index (κ3) is 6.86. The fourth-order valence-corrected chi connectivity index (χ4v) is 1.40. The standard InChI is InChI=1S/C13H18ClN3.HI/c1-3-9-16-13(15-4-2)17-10-11-5-7-12(14)8-6-11;/h3,5-8H,1,4,9-10H2,2H3,(H2,15,16,17);1H. The molecule has 0 unspecified atom stereocenters. The van der Waals surface area contributed by atoms with E-state index in [1.165, 1.54) is 0 Å². The molecule has 5 heteroatoms. The van der Waals surface area contributed by atoms with E-state index in [1.54, 1.807) is 6.08 Å². The summed E-state index contributed by atoms with van der Waals surface area (Å²) in [5, 5.41) is 7.06. The number of aliphatic imine (C=N–C) groups is 1. The lowest BCUT2D eigenvalue weighted by molar-refractivity contribution is 0.860. The summed E-state index contributed by atoms with van der Waals surface area (Å²) in [7, 11) is 0. The first-order chi connectivity index (χ1) is 8.26. The van der Waals surface area contributed by atoms with Gasteiger partial charge in [-0.05, 0) is 24.6 Å².